The van der Waals surface area contributed by atoms with Gasteiger partial charge in [0.1, 0.15) is 0 Å². The lowest BCUT2D eigenvalue weighted by atomic mass is 10.8. The molecule has 1 aromatic heterocycles. The second-order valence-corrected chi connectivity index (χ2v) is 1.93. The minimum absolute atomic E-state index is 0.0108. The maximum absolute atomic E-state index is 6.80. The molecule has 0 saturated heterocycles. The standard InChI is InChI=1S/C3HCl2N4/c4-1-2(5)8-9-3(6)7-1/h6H. The lowest BCUT2D eigenvalue weighted by Crippen LogP contribution is -1.89. The molecule has 0 bridgehead atoms. The van der Waals surface area contributed by atoms with E-state index in [0.29, 0.717) is 0 Å². The minimum Gasteiger partial charge on any atom is -0.264 e. The van der Waals surface area contributed by atoms with E-state index in [1.165, 1.54) is 0 Å². The predicted molar refractivity (Wildman–Crippen MR) is 32.6 cm³/mol. The van der Waals surface area contributed by atoms with Gasteiger partial charge in [-0.3, -0.25) is 5.73 Å². The average molecular weight is 164 g/mol. The van der Waals surface area contributed by atoms with E-state index in [1.807, 2.05) is 0 Å². The van der Waals surface area contributed by atoms with Crippen LogP contribution < -0.4 is 5.73 Å². The van der Waals surface area contributed by atoms with E-state index in [0.717, 1.165) is 0 Å². The number of aromatic nitrogens is 3. The first-order valence-electron chi connectivity index (χ1n) is 1.97. The van der Waals surface area contributed by atoms with E-state index in [-0.39, 0.29) is 16.3 Å². The zero-order chi connectivity index (χ0) is 6.85. The van der Waals surface area contributed by atoms with Crippen molar-refractivity contribution in [3.8, 4) is 0 Å². The van der Waals surface area contributed by atoms with Gasteiger partial charge in [0.05, 0.1) is 0 Å². The van der Waals surface area contributed by atoms with Crippen LogP contribution in [0.25, 0.3) is 0 Å². The highest BCUT2D eigenvalue weighted by Crippen LogP contribution is 2.14. The molecular formula is C3HCl2N4. The number of hydrogen-bond acceptors (Lipinski definition) is 3. The average Bonchev–Trinajstić information content (AvgIpc) is 1.80. The van der Waals surface area contributed by atoms with Gasteiger partial charge >= 0.3 is 0 Å². The van der Waals surface area contributed by atoms with Crippen LogP contribution in [0.4, 0.5) is 5.95 Å². The molecule has 0 aliphatic rings. The van der Waals surface area contributed by atoms with Crippen molar-refractivity contribution in [3.63, 3.8) is 0 Å². The smallest absolute Gasteiger partial charge is 0.263 e. The van der Waals surface area contributed by atoms with Crippen LogP contribution in [0.3, 0.4) is 0 Å². The third-order valence-corrected chi connectivity index (χ3v) is 1.22. The summed E-state index contributed by atoms with van der Waals surface area (Å²) in [6, 6.07) is 0. The summed E-state index contributed by atoms with van der Waals surface area (Å²) in [6.45, 7) is 0. The fourth-order valence-corrected chi connectivity index (χ4v) is 0.492. The van der Waals surface area contributed by atoms with Gasteiger partial charge in [0.25, 0.3) is 5.95 Å². The largest absolute Gasteiger partial charge is 0.264 e. The normalized spacial score (nSPS) is 9.56. The van der Waals surface area contributed by atoms with Crippen molar-refractivity contribution in [2.45, 2.75) is 0 Å². The molecule has 0 unspecified atom stereocenters. The summed E-state index contributed by atoms with van der Waals surface area (Å²) >= 11 is 10.7. The molecule has 0 aromatic carbocycles. The van der Waals surface area contributed by atoms with Gasteiger partial charge < -0.3 is 0 Å². The monoisotopic (exact) mass is 163 g/mol. The summed E-state index contributed by atoms with van der Waals surface area (Å²) in [5.41, 5.74) is 6.80. The number of nitrogens with zero attached hydrogens (tertiary/aromatic N) is 3. The third-order valence-electron chi connectivity index (χ3n) is 0.607. The van der Waals surface area contributed by atoms with E-state index in [4.69, 9.17) is 28.9 Å². The Balaban J connectivity index is 3.17. The van der Waals surface area contributed by atoms with Gasteiger partial charge in [-0.25, -0.2) is 0 Å². The van der Waals surface area contributed by atoms with E-state index < -0.39 is 0 Å². The van der Waals surface area contributed by atoms with Gasteiger partial charge in [0.2, 0.25) is 0 Å². The third kappa shape index (κ3) is 1.40. The van der Waals surface area contributed by atoms with Crippen LogP contribution in [0, 0.1) is 0 Å². The van der Waals surface area contributed by atoms with Crippen molar-refractivity contribution in [1.29, 1.82) is 0 Å². The molecule has 1 radical (unpaired) electrons. The summed E-state index contributed by atoms with van der Waals surface area (Å²) in [5.74, 6) is -0.232. The summed E-state index contributed by atoms with van der Waals surface area (Å²) < 4.78 is 0. The van der Waals surface area contributed by atoms with Crippen molar-refractivity contribution in [1.82, 2.24) is 20.9 Å². The van der Waals surface area contributed by atoms with Crippen LogP contribution in [-0.2, 0) is 0 Å². The van der Waals surface area contributed by atoms with E-state index >= 15 is 0 Å². The van der Waals surface area contributed by atoms with Gasteiger partial charge in [-0.1, -0.05) is 23.2 Å². The molecule has 47 valence electrons. The SMILES string of the molecule is [NH]c1nnc(Cl)c(Cl)n1. The van der Waals surface area contributed by atoms with Gasteiger partial charge in [-0.15, -0.1) is 10.2 Å². The Kier molecular flexibility index (Phi) is 1.68. The molecule has 1 N–H and O–H groups in total. The highest BCUT2D eigenvalue weighted by molar-refractivity contribution is 6.40. The van der Waals surface area contributed by atoms with Crippen molar-refractivity contribution >= 4 is 29.2 Å². The van der Waals surface area contributed by atoms with Crippen LogP contribution in [0.5, 0.6) is 0 Å². The first-order chi connectivity index (χ1) is 4.20. The molecule has 0 spiro atoms. The molecule has 1 aromatic rings. The highest BCUT2D eigenvalue weighted by Gasteiger charge is 1.99. The summed E-state index contributed by atoms with van der Waals surface area (Å²) in [4.78, 5) is 3.40. The van der Waals surface area contributed by atoms with Crippen molar-refractivity contribution in [2.24, 2.45) is 0 Å². The van der Waals surface area contributed by atoms with E-state index in [1.54, 1.807) is 0 Å². The fraction of sp³-hybridized carbons (Fsp3) is 0. The number of rotatable bonds is 0. The first kappa shape index (κ1) is 6.51. The number of nitrogens with one attached hydrogen (secondary N) is 1. The molecule has 0 saturated carbocycles. The van der Waals surface area contributed by atoms with Crippen LogP contribution in [0.15, 0.2) is 0 Å². The Bertz CT molecular complexity index is 225. The highest BCUT2D eigenvalue weighted by atomic mass is 35.5. The Labute approximate surface area is 61.0 Å². The van der Waals surface area contributed by atoms with Crippen LogP contribution in [0.2, 0.25) is 10.3 Å². The molecule has 0 fully saturated rings. The maximum Gasteiger partial charge on any atom is 0.263 e. The molecule has 1 heterocycles. The molecule has 4 nitrogen and oxygen atoms in total. The Morgan fingerprint density at radius 1 is 1.11 bits per heavy atom. The molecule has 9 heavy (non-hydrogen) atoms. The summed E-state index contributed by atoms with van der Waals surface area (Å²) in [5, 5.41) is 6.57. The maximum atomic E-state index is 6.80. The van der Waals surface area contributed by atoms with E-state index in [9.17, 15) is 0 Å². The lowest BCUT2D eigenvalue weighted by Gasteiger charge is -1.89. The lowest BCUT2D eigenvalue weighted by molar-refractivity contribution is 0.956. The Hall–Kier alpha value is -0.610. The van der Waals surface area contributed by atoms with E-state index in [2.05, 4.69) is 15.2 Å². The van der Waals surface area contributed by atoms with Gasteiger partial charge in [0, 0.05) is 0 Å². The predicted octanol–water partition coefficient (Wildman–Crippen LogP) is 1.09. The first-order valence-corrected chi connectivity index (χ1v) is 2.73. The molecule has 1 rings (SSSR count). The molecular weight excluding hydrogens is 163 g/mol. The van der Waals surface area contributed by atoms with Crippen LogP contribution >= 0.6 is 23.2 Å². The van der Waals surface area contributed by atoms with Crippen LogP contribution in [-0.4, -0.2) is 15.2 Å². The zero-order valence-corrected chi connectivity index (χ0v) is 5.61. The summed E-state index contributed by atoms with van der Waals surface area (Å²) in [7, 11) is 0. The van der Waals surface area contributed by atoms with Gasteiger partial charge in [-0.2, -0.15) is 4.98 Å². The molecule has 0 amide bonds. The van der Waals surface area contributed by atoms with Crippen LogP contribution in [0.1, 0.15) is 0 Å². The van der Waals surface area contributed by atoms with Crippen molar-refractivity contribution in [2.75, 3.05) is 0 Å². The molecule has 0 aliphatic heterocycles. The Morgan fingerprint density at radius 2 is 1.78 bits per heavy atom. The Morgan fingerprint density at radius 3 is 2.22 bits per heavy atom. The van der Waals surface area contributed by atoms with Crippen molar-refractivity contribution in [3.05, 3.63) is 10.3 Å². The minimum atomic E-state index is -0.232. The molecule has 0 atom stereocenters. The topological polar surface area (TPSA) is 62.5 Å². The van der Waals surface area contributed by atoms with Crippen molar-refractivity contribution < 1.29 is 0 Å². The summed E-state index contributed by atoms with van der Waals surface area (Å²) in [6.07, 6.45) is 0. The second-order valence-electron chi connectivity index (χ2n) is 1.22. The zero-order valence-electron chi connectivity index (χ0n) is 4.10. The number of halogens is 2. The number of hydrogen-bond donors (Lipinski definition) is 0. The van der Waals surface area contributed by atoms with Gasteiger partial charge in [-0.05, 0) is 0 Å². The molecule has 0 aliphatic carbocycles. The second kappa shape index (κ2) is 2.33. The fourth-order valence-electron chi connectivity index (χ4n) is 0.294. The quantitative estimate of drug-likeness (QED) is 0.576. The van der Waals surface area contributed by atoms with Gasteiger partial charge in [0.15, 0.2) is 10.3 Å². The molecule has 6 heteroatoms.